The van der Waals surface area contributed by atoms with Crippen molar-refractivity contribution in [2.75, 3.05) is 6.54 Å². The predicted molar refractivity (Wildman–Crippen MR) is 127 cm³/mol. The number of non-ortho nitro benzene ring substituents is 1. The molecule has 12 heteroatoms. The van der Waals surface area contributed by atoms with Gasteiger partial charge in [-0.3, -0.25) is 14.9 Å². The zero-order chi connectivity index (χ0) is 25.5. The number of nitriles is 1. The Hall–Kier alpha value is -3.01. The van der Waals surface area contributed by atoms with Crippen LogP contribution < -0.4 is 4.74 Å². The highest BCUT2D eigenvalue weighted by atomic mass is 79.9. The van der Waals surface area contributed by atoms with Crippen molar-refractivity contribution in [3.05, 3.63) is 63.7 Å². The van der Waals surface area contributed by atoms with Crippen LogP contribution in [0.5, 0.6) is 5.75 Å². The molecule has 4 rings (SSSR count). The van der Waals surface area contributed by atoms with E-state index in [9.17, 15) is 28.6 Å². The van der Waals surface area contributed by atoms with Crippen LogP contribution >= 0.6 is 15.9 Å². The van der Waals surface area contributed by atoms with E-state index in [0.29, 0.717) is 23.3 Å². The van der Waals surface area contributed by atoms with Crippen LogP contribution in [0.25, 0.3) is 0 Å². The van der Waals surface area contributed by atoms with E-state index >= 15 is 0 Å². The Morgan fingerprint density at radius 1 is 1.31 bits per heavy atom. The Bertz CT molecular complexity index is 1340. The molecule has 1 saturated heterocycles. The molecular formula is C23H22BrN3O7S. The smallest absolute Gasteiger partial charge is 0.325 e. The van der Waals surface area contributed by atoms with Gasteiger partial charge in [0.05, 0.1) is 26.3 Å². The number of sulfonamides is 1. The van der Waals surface area contributed by atoms with Gasteiger partial charge < -0.3 is 9.47 Å². The molecule has 2 aliphatic heterocycles. The summed E-state index contributed by atoms with van der Waals surface area (Å²) in [7, 11) is -4.19. The average Bonchev–Trinajstić information content (AvgIpc) is 3.33. The number of carbonyl (C=O) groups excluding carboxylic acids is 1. The number of benzene rings is 2. The number of ether oxygens (including phenoxy) is 2. The van der Waals surface area contributed by atoms with Gasteiger partial charge in [0.1, 0.15) is 23.5 Å². The number of nitro benzene ring substituents is 1. The average molecular weight is 564 g/mol. The van der Waals surface area contributed by atoms with Crippen LogP contribution in [-0.4, -0.2) is 46.6 Å². The molecule has 0 bridgehead atoms. The molecule has 2 unspecified atom stereocenters. The number of esters is 1. The number of nitro groups is 1. The predicted octanol–water partition coefficient (Wildman–Crippen LogP) is 3.84. The quantitative estimate of drug-likeness (QED) is 0.231. The molecule has 184 valence electrons. The molecule has 0 saturated carbocycles. The van der Waals surface area contributed by atoms with Crippen molar-refractivity contribution < 1.29 is 27.6 Å². The third-order valence-electron chi connectivity index (χ3n) is 6.10. The standard InChI is InChI=1S/C23H22BrN3O7S/c1-23(2)21(24)20(17-11-14(13-25)8-9-19(17)34-23)33-22(28)18-7-4-10-26(18)35(31,32)16-6-3-5-15(12-16)27(29)30/h3,5-6,8-9,11-12,18,20-21H,4,7,10H2,1-2H3/t18-,20?,21?/m1/s1. The summed E-state index contributed by atoms with van der Waals surface area (Å²) in [4.78, 5) is 23.0. The molecule has 2 aromatic rings. The van der Waals surface area contributed by atoms with Gasteiger partial charge in [-0.15, -0.1) is 0 Å². The summed E-state index contributed by atoms with van der Waals surface area (Å²) in [5.74, 6) is -0.271. The maximum absolute atomic E-state index is 13.3. The van der Waals surface area contributed by atoms with E-state index in [1.54, 1.807) is 18.2 Å². The third kappa shape index (κ3) is 4.63. The van der Waals surface area contributed by atoms with Crippen LogP contribution in [0.1, 0.15) is 43.9 Å². The van der Waals surface area contributed by atoms with Crippen molar-refractivity contribution in [1.29, 1.82) is 5.26 Å². The molecule has 0 amide bonds. The molecule has 0 aliphatic carbocycles. The van der Waals surface area contributed by atoms with Gasteiger partial charge in [0.25, 0.3) is 5.69 Å². The highest BCUT2D eigenvalue weighted by Gasteiger charge is 2.47. The van der Waals surface area contributed by atoms with Gasteiger partial charge in [0, 0.05) is 24.2 Å². The van der Waals surface area contributed by atoms with Crippen molar-refractivity contribution in [3.8, 4) is 11.8 Å². The fraction of sp³-hybridized carbons (Fsp3) is 0.391. The summed E-state index contributed by atoms with van der Waals surface area (Å²) >= 11 is 3.56. The number of rotatable bonds is 5. The lowest BCUT2D eigenvalue weighted by Gasteiger charge is -2.42. The van der Waals surface area contributed by atoms with Gasteiger partial charge in [-0.2, -0.15) is 9.57 Å². The number of halogens is 1. The van der Waals surface area contributed by atoms with Crippen LogP contribution in [0.2, 0.25) is 0 Å². The van der Waals surface area contributed by atoms with Gasteiger partial charge in [0.2, 0.25) is 10.0 Å². The first-order chi connectivity index (χ1) is 16.5. The summed E-state index contributed by atoms with van der Waals surface area (Å²) in [6.45, 7) is 3.73. The number of alkyl halides is 1. The number of nitrogens with zero attached hydrogens (tertiary/aromatic N) is 3. The Labute approximate surface area is 210 Å². The Kier molecular flexibility index (Phi) is 6.61. The Morgan fingerprint density at radius 3 is 2.74 bits per heavy atom. The molecule has 3 atom stereocenters. The minimum atomic E-state index is -4.19. The second-order valence-corrected chi connectivity index (χ2v) is 11.7. The molecule has 2 aliphatic rings. The maximum Gasteiger partial charge on any atom is 0.325 e. The van der Waals surface area contributed by atoms with E-state index in [4.69, 9.17) is 9.47 Å². The molecule has 2 heterocycles. The summed E-state index contributed by atoms with van der Waals surface area (Å²) < 4.78 is 39.5. The van der Waals surface area contributed by atoms with Crippen LogP contribution in [0.4, 0.5) is 5.69 Å². The van der Waals surface area contributed by atoms with Gasteiger partial charge in [-0.25, -0.2) is 8.42 Å². The van der Waals surface area contributed by atoms with E-state index in [2.05, 4.69) is 22.0 Å². The minimum absolute atomic E-state index is 0.0803. The molecule has 10 nitrogen and oxygen atoms in total. The highest BCUT2D eigenvalue weighted by molar-refractivity contribution is 9.09. The second kappa shape index (κ2) is 9.22. The zero-order valence-corrected chi connectivity index (χ0v) is 21.3. The van der Waals surface area contributed by atoms with Crippen molar-refractivity contribution in [3.63, 3.8) is 0 Å². The maximum atomic E-state index is 13.3. The van der Waals surface area contributed by atoms with Crippen molar-refractivity contribution in [2.24, 2.45) is 0 Å². The van der Waals surface area contributed by atoms with Crippen LogP contribution in [0.3, 0.4) is 0 Å². The van der Waals surface area contributed by atoms with Crippen molar-refractivity contribution in [1.82, 2.24) is 4.31 Å². The molecule has 2 aromatic carbocycles. The molecule has 0 spiro atoms. The number of carbonyl (C=O) groups is 1. The van der Waals surface area contributed by atoms with Gasteiger partial charge in [-0.05, 0) is 51.0 Å². The normalized spacial score (nSPS) is 23.5. The van der Waals surface area contributed by atoms with Crippen LogP contribution in [0.15, 0.2) is 47.4 Å². The van der Waals surface area contributed by atoms with Crippen LogP contribution in [-0.2, 0) is 19.6 Å². The zero-order valence-electron chi connectivity index (χ0n) is 18.9. The first kappa shape index (κ1) is 25.1. The molecule has 0 radical (unpaired) electrons. The van der Waals surface area contributed by atoms with Gasteiger partial charge in [-0.1, -0.05) is 22.0 Å². The van der Waals surface area contributed by atoms with E-state index in [0.717, 1.165) is 10.4 Å². The second-order valence-electron chi connectivity index (χ2n) is 8.86. The number of hydrogen-bond acceptors (Lipinski definition) is 8. The van der Waals surface area contributed by atoms with E-state index in [1.807, 2.05) is 13.8 Å². The van der Waals surface area contributed by atoms with Crippen molar-refractivity contribution in [2.45, 2.75) is 54.2 Å². The highest BCUT2D eigenvalue weighted by Crippen LogP contribution is 2.46. The van der Waals surface area contributed by atoms with E-state index in [1.165, 1.54) is 18.2 Å². The SMILES string of the molecule is CC1(C)Oc2ccc(C#N)cc2C(OC(=O)[C@H]2CCCN2S(=O)(=O)c2cccc([N+](=O)[O-])c2)C1Br. The van der Waals surface area contributed by atoms with Crippen LogP contribution in [0, 0.1) is 21.4 Å². The van der Waals surface area contributed by atoms with Gasteiger partial charge >= 0.3 is 5.97 Å². The summed E-state index contributed by atoms with van der Waals surface area (Å²) in [5.41, 5.74) is -0.259. The summed E-state index contributed by atoms with van der Waals surface area (Å²) in [6, 6.07) is 10.5. The monoisotopic (exact) mass is 563 g/mol. The Morgan fingerprint density at radius 2 is 2.06 bits per heavy atom. The van der Waals surface area contributed by atoms with Gasteiger partial charge in [0.15, 0.2) is 0 Å². The summed E-state index contributed by atoms with van der Waals surface area (Å²) in [6.07, 6.45) is -0.157. The summed E-state index contributed by atoms with van der Waals surface area (Å²) in [5, 5.41) is 20.4. The largest absolute Gasteiger partial charge is 0.486 e. The molecular weight excluding hydrogens is 542 g/mol. The lowest BCUT2D eigenvalue weighted by atomic mass is 9.90. The van der Waals surface area contributed by atoms with E-state index in [-0.39, 0.29) is 23.5 Å². The lowest BCUT2D eigenvalue weighted by Crippen LogP contribution is -2.48. The lowest BCUT2D eigenvalue weighted by molar-refractivity contribution is -0.385. The molecule has 0 aromatic heterocycles. The number of hydrogen-bond donors (Lipinski definition) is 0. The molecule has 0 N–H and O–H groups in total. The van der Waals surface area contributed by atoms with E-state index < -0.39 is 43.5 Å². The van der Waals surface area contributed by atoms with Crippen molar-refractivity contribution >= 4 is 37.6 Å². The third-order valence-corrected chi connectivity index (χ3v) is 9.59. The topological polar surface area (TPSA) is 140 Å². The number of fused-ring (bicyclic) bond motifs is 1. The Balaban J connectivity index is 1.64. The molecule has 1 fully saturated rings. The first-order valence-electron chi connectivity index (χ1n) is 10.8. The fourth-order valence-corrected chi connectivity index (χ4v) is 6.45. The molecule has 35 heavy (non-hydrogen) atoms. The fourth-order valence-electron chi connectivity index (χ4n) is 4.28. The first-order valence-corrected chi connectivity index (χ1v) is 13.1. The minimum Gasteiger partial charge on any atom is -0.486 e.